The Bertz CT molecular complexity index is 472. The van der Waals surface area contributed by atoms with Crippen LogP contribution in [-0.2, 0) is 6.54 Å². The van der Waals surface area contributed by atoms with E-state index in [-0.39, 0.29) is 22.4 Å². The summed E-state index contributed by atoms with van der Waals surface area (Å²) in [5.74, 6) is 0.200. The molecule has 0 saturated heterocycles. The molecule has 1 aromatic rings. The average molecular weight is 323 g/mol. The first-order chi connectivity index (χ1) is 9.50. The van der Waals surface area contributed by atoms with Crippen molar-refractivity contribution in [2.24, 2.45) is 0 Å². The minimum Gasteiger partial charge on any atom is -0.496 e. The van der Waals surface area contributed by atoms with Crippen LogP contribution in [0.3, 0.4) is 0 Å². The predicted molar refractivity (Wildman–Crippen MR) is 77.5 cm³/mol. The molecule has 7 heteroatoms. The van der Waals surface area contributed by atoms with Gasteiger partial charge in [0.2, 0.25) is 0 Å². The van der Waals surface area contributed by atoms with Crippen LogP contribution in [0.25, 0.3) is 0 Å². The zero-order valence-corrected chi connectivity index (χ0v) is 13.3. The lowest BCUT2D eigenvalue weighted by Crippen LogP contribution is -2.35. The summed E-state index contributed by atoms with van der Waals surface area (Å²) in [5, 5.41) is 9.74. The molecule has 1 N–H and O–H groups in total. The van der Waals surface area contributed by atoms with E-state index in [0.717, 1.165) is 5.56 Å². The van der Waals surface area contributed by atoms with Crippen LogP contribution in [0.15, 0.2) is 23.1 Å². The highest BCUT2D eigenvalue weighted by atomic mass is 32.2. The second-order valence-electron chi connectivity index (χ2n) is 5.52. The maximum Gasteiger partial charge on any atom is 0.446 e. The average Bonchev–Trinajstić information content (AvgIpc) is 2.24. The molecule has 0 aliphatic carbocycles. The van der Waals surface area contributed by atoms with Crippen LogP contribution in [0.5, 0.6) is 5.75 Å². The summed E-state index contributed by atoms with van der Waals surface area (Å²) in [4.78, 5) is 1.89. The molecule has 0 unspecified atom stereocenters. The molecule has 0 heterocycles. The van der Waals surface area contributed by atoms with Gasteiger partial charge in [0.05, 0.1) is 17.6 Å². The molecule has 0 aliphatic heterocycles. The monoisotopic (exact) mass is 323 g/mol. The topological polar surface area (TPSA) is 32.7 Å². The van der Waals surface area contributed by atoms with Crippen LogP contribution >= 0.6 is 11.8 Å². The molecule has 0 aromatic heterocycles. The van der Waals surface area contributed by atoms with E-state index in [1.165, 1.54) is 19.2 Å². The van der Waals surface area contributed by atoms with Crippen LogP contribution in [0, 0.1) is 0 Å². The Morgan fingerprint density at radius 3 is 2.38 bits per heavy atom. The highest BCUT2D eigenvalue weighted by Gasteiger charge is 2.31. The van der Waals surface area contributed by atoms with E-state index in [2.05, 4.69) is 0 Å². The molecule has 120 valence electrons. The van der Waals surface area contributed by atoms with Crippen molar-refractivity contribution >= 4 is 11.8 Å². The van der Waals surface area contributed by atoms with Crippen molar-refractivity contribution in [3.63, 3.8) is 0 Å². The molecule has 1 aromatic carbocycles. The van der Waals surface area contributed by atoms with Crippen LogP contribution in [0.4, 0.5) is 13.2 Å². The molecule has 0 saturated carbocycles. The van der Waals surface area contributed by atoms with Gasteiger partial charge in [0.1, 0.15) is 5.75 Å². The van der Waals surface area contributed by atoms with Gasteiger partial charge in [-0.3, -0.25) is 4.90 Å². The summed E-state index contributed by atoms with van der Waals surface area (Å²) in [5.41, 5.74) is -4.48. The number of halogens is 3. The van der Waals surface area contributed by atoms with Crippen molar-refractivity contribution in [1.29, 1.82) is 0 Å². The molecule has 0 bridgehead atoms. The van der Waals surface area contributed by atoms with E-state index in [1.807, 2.05) is 4.90 Å². The van der Waals surface area contributed by atoms with E-state index in [9.17, 15) is 18.3 Å². The molecule has 0 atom stereocenters. The van der Waals surface area contributed by atoms with Crippen LogP contribution in [0.2, 0.25) is 0 Å². The Kier molecular flexibility index (Phi) is 5.95. The summed E-state index contributed by atoms with van der Waals surface area (Å²) < 4.78 is 42.6. The van der Waals surface area contributed by atoms with Crippen LogP contribution in [-0.4, -0.2) is 41.8 Å². The van der Waals surface area contributed by atoms with Crippen LogP contribution in [0.1, 0.15) is 19.4 Å². The Morgan fingerprint density at radius 1 is 1.29 bits per heavy atom. The standard InChI is InChI=1S/C14H20F3NO2S/c1-13(2,19)9-18(3)8-10-5-6-11(20-4)12(7-10)21-14(15,16)17/h5-7,19H,8-9H2,1-4H3. The summed E-state index contributed by atoms with van der Waals surface area (Å²) in [6.07, 6.45) is 0. The number of rotatable bonds is 6. The highest BCUT2D eigenvalue weighted by Crippen LogP contribution is 2.41. The van der Waals surface area contributed by atoms with Crippen molar-refractivity contribution in [1.82, 2.24) is 4.90 Å². The molecule has 0 fully saturated rings. The Hall–Kier alpha value is -0.920. The normalized spacial score (nSPS) is 12.8. The summed E-state index contributed by atoms with van der Waals surface area (Å²) >= 11 is -0.187. The molecule has 3 nitrogen and oxygen atoms in total. The van der Waals surface area contributed by atoms with Crippen molar-refractivity contribution < 1.29 is 23.0 Å². The van der Waals surface area contributed by atoms with Gasteiger partial charge >= 0.3 is 5.51 Å². The fourth-order valence-corrected chi connectivity index (χ4v) is 2.76. The van der Waals surface area contributed by atoms with E-state index >= 15 is 0 Å². The third-order valence-electron chi connectivity index (χ3n) is 2.56. The van der Waals surface area contributed by atoms with Gasteiger partial charge in [-0.15, -0.1) is 0 Å². The highest BCUT2D eigenvalue weighted by molar-refractivity contribution is 8.00. The molecular weight excluding hydrogens is 303 g/mol. The molecule has 0 amide bonds. The molecule has 0 spiro atoms. The van der Waals surface area contributed by atoms with E-state index in [4.69, 9.17) is 4.74 Å². The number of hydrogen-bond acceptors (Lipinski definition) is 4. The minimum atomic E-state index is -4.36. The summed E-state index contributed by atoms with van der Waals surface area (Å²) in [6.45, 7) is 4.23. The first-order valence-electron chi connectivity index (χ1n) is 6.34. The third-order valence-corrected chi connectivity index (χ3v) is 3.33. The lowest BCUT2D eigenvalue weighted by Gasteiger charge is -2.25. The van der Waals surface area contributed by atoms with E-state index < -0.39 is 11.1 Å². The van der Waals surface area contributed by atoms with Crippen molar-refractivity contribution in [2.75, 3.05) is 20.7 Å². The first kappa shape index (κ1) is 18.1. The number of ether oxygens (including phenoxy) is 1. The second-order valence-corrected chi connectivity index (χ2v) is 6.62. The second kappa shape index (κ2) is 6.89. The number of benzene rings is 1. The van der Waals surface area contributed by atoms with Gasteiger partial charge in [-0.05, 0) is 50.4 Å². The fourth-order valence-electron chi connectivity index (χ4n) is 2.05. The van der Waals surface area contributed by atoms with Gasteiger partial charge in [0.25, 0.3) is 0 Å². The van der Waals surface area contributed by atoms with Gasteiger partial charge in [0, 0.05) is 13.1 Å². The largest absolute Gasteiger partial charge is 0.496 e. The van der Waals surface area contributed by atoms with Gasteiger partial charge in [0.15, 0.2) is 0 Å². The molecule has 0 radical (unpaired) electrons. The van der Waals surface area contributed by atoms with Gasteiger partial charge in [-0.2, -0.15) is 13.2 Å². The van der Waals surface area contributed by atoms with Gasteiger partial charge < -0.3 is 9.84 Å². The van der Waals surface area contributed by atoms with Crippen molar-refractivity contribution in [3.8, 4) is 5.75 Å². The SMILES string of the molecule is COc1ccc(CN(C)CC(C)(C)O)cc1SC(F)(F)F. The zero-order valence-electron chi connectivity index (χ0n) is 12.5. The summed E-state index contributed by atoms with van der Waals surface area (Å²) in [7, 11) is 3.15. The van der Waals surface area contributed by atoms with Crippen molar-refractivity contribution in [2.45, 2.75) is 36.4 Å². The molecule has 21 heavy (non-hydrogen) atoms. The number of likely N-dealkylation sites (N-methyl/N-ethyl adjacent to an activating group) is 1. The Labute approximate surface area is 127 Å². The summed E-state index contributed by atoms with van der Waals surface area (Å²) in [6, 6.07) is 4.72. The lowest BCUT2D eigenvalue weighted by atomic mass is 10.1. The Morgan fingerprint density at radius 2 is 1.90 bits per heavy atom. The number of nitrogens with zero attached hydrogens (tertiary/aromatic N) is 1. The molecular formula is C14H20F3NO2S. The third kappa shape index (κ3) is 7.06. The smallest absolute Gasteiger partial charge is 0.446 e. The first-order valence-corrected chi connectivity index (χ1v) is 7.15. The van der Waals surface area contributed by atoms with Crippen molar-refractivity contribution in [3.05, 3.63) is 23.8 Å². The maximum absolute atomic E-state index is 12.5. The number of thioether (sulfide) groups is 1. The quantitative estimate of drug-likeness (QED) is 0.812. The predicted octanol–water partition coefficient (Wildman–Crippen LogP) is 3.51. The number of aliphatic hydroxyl groups is 1. The number of hydrogen-bond donors (Lipinski definition) is 1. The Balaban J connectivity index is 2.87. The maximum atomic E-state index is 12.5. The molecule has 0 aliphatic rings. The van der Waals surface area contributed by atoms with E-state index in [0.29, 0.717) is 13.1 Å². The lowest BCUT2D eigenvalue weighted by molar-refractivity contribution is -0.0328. The molecule has 1 rings (SSSR count). The zero-order chi connectivity index (χ0) is 16.3. The van der Waals surface area contributed by atoms with Gasteiger partial charge in [-0.1, -0.05) is 6.07 Å². The fraction of sp³-hybridized carbons (Fsp3) is 0.571. The number of methoxy groups -OCH3 is 1. The van der Waals surface area contributed by atoms with E-state index in [1.54, 1.807) is 27.0 Å². The number of alkyl halides is 3. The van der Waals surface area contributed by atoms with Gasteiger partial charge in [-0.25, -0.2) is 0 Å². The minimum absolute atomic E-state index is 0.0409. The van der Waals surface area contributed by atoms with Crippen LogP contribution < -0.4 is 4.74 Å².